The van der Waals surface area contributed by atoms with Crippen LogP contribution in [0.15, 0.2) is 12.2 Å². The zero-order valence-corrected chi connectivity index (χ0v) is 29.4. The average molecular weight is 671 g/mol. The fraction of sp³-hybridized carbons (Fsp3) is 0.944. The fourth-order valence-electron chi connectivity index (χ4n) is 12.1. The zero-order valence-electron chi connectivity index (χ0n) is 29.4. The predicted molar refractivity (Wildman–Crippen MR) is 173 cm³/mol. The molecule has 11 nitrogen and oxygen atoms in total. The summed E-state index contributed by atoms with van der Waals surface area (Å²) in [5.74, 6) is -0.552. The summed E-state index contributed by atoms with van der Waals surface area (Å²) in [5, 5.41) is 86.7. The highest BCUT2D eigenvalue weighted by molar-refractivity contribution is 5.22. The molecule has 0 aromatic rings. The van der Waals surface area contributed by atoms with E-state index in [4.69, 9.17) is 9.47 Å². The van der Waals surface area contributed by atoms with Crippen LogP contribution in [0.4, 0.5) is 0 Å². The quantitative estimate of drug-likeness (QED) is 0.0780. The van der Waals surface area contributed by atoms with Crippen LogP contribution in [-0.2, 0) is 14.4 Å². The van der Waals surface area contributed by atoms with Gasteiger partial charge in [0.2, 0.25) is 0 Å². The summed E-state index contributed by atoms with van der Waals surface area (Å²) in [6, 6.07) is 0. The molecule has 1 aliphatic heterocycles. The molecule has 5 aliphatic rings. The molecule has 0 aromatic carbocycles. The lowest BCUT2D eigenvalue weighted by Crippen LogP contribution is -2.71. The van der Waals surface area contributed by atoms with Gasteiger partial charge in [-0.05, 0) is 116 Å². The molecule has 17 atom stereocenters. The van der Waals surface area contributed by atoms with Gasteiger partial charge in [-0.1, -0.05) is 41.2 Å². The smallest absolute Gasteiger partial charge is 0.186 e. The highest BCUT2D eigenvalue weighted by Crippen LogP contribution is 2.76. The minimum atomic E-state index is -1.57. The van der Waals surface area contributed by atoms with Crippen LogP contribution in [0.5, 0.6) is 0 Å². The minimum absolute atomic E-state index is 0.0666. The highest BCUT2D eigenvalue weighted by atomic mass is 17.1. The molecule has 11 heteroatoms. The monoisotopic (exact) mass is 670 g/mol. The first-order valence-corrected chi connectivity index (χ1v) is 17.7. The summed E-state index contributed by atoms with van der Waals surface area (Å²) in [4.78, 5) is 4.63. The van der Waals surface area contributed by atoms with Crippen molar-refractivity contribution < 1.29 is 55.4 Å². The normalized spacial score (nSPS) is 51.3. The van der Waals surface area contributed by atoms with Crippen LogP contribution >= 0.6 is 0 Å². The van der Waals surface area contributed by atoms with E-state index in [1.165, 1.54) is 0 Å². The van der Waals surface area contributed by atoms with Crippen molar-refractivity contribution in [2.24, 2.45) is 45.3 Å². The Labute approximate surface area is 279 Å². The van der Waals surface area contributed by atoms with Crippen molar-refractivity contribution in [1.82, 2.24) is 0 Å². The molecular formula is C36H62O11. The average Bonchev–Trinajstić information content (AvgIpc) is 3.37. The van der Waals surface area contributed by atoms with Crippen LogP contribution in [-0.4, -0.2) is 108 Å². The second-order valence-electron chi connectivity index (χ2n) is 17.6. The molecule has 0 radical (unpaired) electrons. The number of aliphatic hydroxyl groups is 7. The van der Waals surface area contributed by atoms with Gasteiger partial charge >= 0.3 is 0 Å². The van der Waals surface area contributed by atoms with E-state index in [2.05, 4.69) is 32.2 Å². The summed E-state index contributed by atoms with van der Waals surface area (Å²) in [7, 11) is 0. The van der Waals surface area contributed by atoms with Gasteiger partial charge < -0.3 is 45.2 Å². The molecule has 4 aliphatic carbocycles. The van der Waals surface area contributed by atoms with Crippen LogP contribution < -0.4 is 0 Å². The number of rotatable bonds is 9. The van der Waals surface area contributed by atoms with E-state index in [0.29, 0.717) is 44.1 Å². The molecule has 0 bridgehead atoms. The Bertz CT molecular complexity index is 1140. The third kappa shape index (κ3) is 5.77. The van der Waals surface area contributed by atoms with Gasteiger partial charge in [-0.25, -0.2) is 4.89 Å². The Morgan fingerprint density at radius 1 is 0.979 bits per heavy atom. The van der Waals surface area contributed by atoms with Crippen molar-refractivity contribution in [3.63, 3.8) is 0 Å². The highest BCUT2D eigenvalue weighted by Gasteiger charge is 2.73. The molecule has 5 fully saturated rings. The largest absolute Gasteiger partial charge is 0.394 e. The Kier molecular flexibility index (Phi) is 10.2. The molecular weight excluding hydrogens is 608 g/mol. The number of ether oxygens (including phenoxy) is 2. The minimum Gasteiger partial charge on any atom is -0.394 e. The molecule has 5 rings (SSSR count). The van der Waals surface area contributed by atoms with E-state index in [0.717, 1.165) is 12.8 Å². The lowest BCUT2D eigenvalue weighted by molar-refractivity contribution is -0.347. The van der Waals surface area contributed by atoms with Crippen molar-refractivity contribution in [3.8, 4) is 0 Å². The summed E-state index contributed by atoms with van der Waals surface area (Å²) < 4.78 is 12.6. The van der Waals surface area contributed by atoms with E-state index < -0.39 is 83.6 Å². The maximum Gasteiger partial charge on any atom is 0.186 e. The predicted octanol–water partition coefficient (Wildman–Crippen LogP) is 2.76. The molecule has 1 saturated heterocycles. The molecule has 0 spiro atoms. The van der Waals surface area contributed by atoms with E-state index >= 15 is 0 Å². The van der Waals surface area contributed by atoms with Gasteiger partial charge in [-0.15, -0.1) is 0 Å². The van der Waals surface area contributed by atoms with Crippen LogP contribution in [0.1, 0.15) is 99.8 Å². The van der Waals surface area contributed by atoms with Crippen LogP contribution in [0, 0.1) is 45.3 Å². The second kappa shape index (κ2) is 12.8. The van der Waals surface area contributed by atoms with Crippen LogP contribution in [0.25, 0.3) is 0 Å². The van der Waals surface area contributed by atoms with Crippen molar-refractivity contribution in [2.75, 3.05) is 6.61 Å². The van der Waals surface area contributed by atoms with Gasteiger partial charge in [-0.2, -0.15) is 0 Å². The van der Waals surface area contributed by atoms with Gasteiger partial charge in [-0.3, -0.25) is 5.26 Å². The number of hydrogen-bond acceptors (Lipinski definition) is 11. The Hall–Kier alpha value is -0.700. The molecule has 272 valence electrons. The molecule has 8 N–H and O–H groups in total. The summed E-state index contributed by atoms with van der Waals surface area (Å²) in [6.45, 7) is 17.8. The third-order valence-electron chi connectivity index (χ3n) is 14.8. The molecule has 4 saturated carbocycles. The van der Waals surface area contributed by atoms with E-state index in [1.807, 2.05) is 20.8 Å². The van der Waals surface area contributed by atoms with Crippen molar-refractivity contribution in [3.05, 3.63) is 12.2 Å². The molecule has 47 heavy (non-hydrogen) atoms. The maximum atomic E-state index is 12.1. The Morgan fingerprint density at radius 3 is 2.23 bits per heavy atom. The lowest BCUT2D eigenvalue weighted by atomic mass is 9.34. The van der Waals surface area contributed by atoms with Gasteiger partial charge in [0.05, 0.1) is 30.5 Å². The van der Waals surface area contributed by atoms with E-state index in [1.54, 1.807) is 6.92 Å². The Balaban J connectivity index is 1.52. The molecule has 1 unspecified atom stereocenters. The third-order valence-corrected chi connectivity index (χ3v) is 14.8. The van der Waals surface area contributed by atoms with Crippen molar-refractivity contribution in [1.29, 1.82) is 0 Å². The van der Waals surface area contributed by atoms with Gasteiger partial charge in [0, 0.05) is 0 Å². The second-order valence-corrected chi connectivity index (χ2v) is 17.6. The van der Waals surface area contributed by atoms with E-state index in [-0.39, 0.29) is 29.1 Å². The number of aliphatic hydroxyl groups excluding tert-OH is 6. The standard InChI is InChI=1S/C36H62O11/c1-18(2)21(47-44)10-14-36(8,43)19-9-13-34(6)26(19)20(38)15-24-33(5)12-11-25(39)32(3,4)30(33)22(16-35(24,34)7)45-31-29(42)28(41)27(40)23(17-37)46-31/h19-31,37-44H,1,9-17H2,2-8H3/t19-,20+,21?,22-,23+,24+,25-,26-,27+,28-,29+,30-,31+,33+,34+,35+,36+/m0/s1. The van der Waals surface area contributed by atoms with Crippen LogP contribution in [0.2, 0.25) is 0 Å². The molecule has 0 amide bonds. The first kappa shape index (κ1) is 37.6. The van der Waals surface area contributed by atoms with Crippen LogP contribution in [0.3, 0.4) is 0 Å². The SMILES string of the molecule is C=C(C)C(CC[C@@](C)(O)[C@H]1CC[C@]2(C)[C@@H]1[C@H](O)C[C@@H]1[C@@]3(C)CC[C@H](O)C(C)(C)[C@@H]3[C@@H](O[C@@H]3O[C@H](CO)[C@@H](O)[C@H](O)[C@H]3O)C[C@]12C)OO. The van der Waals surface area contributed by atoms with E-state index in [9.17, 15) is 41.0 Å². The first-order valence-electron chi connectivity index (χ1n) is 17.7. The van der Waals surface area contributed by atoms with Gasteiger partial charge in [0.15, 0.2) is 6.29 Å². The molecule has 1 heterocycles. The van der Waals surface area contributed by atoms with Gasteiger partial charge in [0.1, 0.15) is 30.5 Å². The number of hydrogen-bond donors (Lipinski definition) is 8. The number of fused-ring (bicyclic) bond motifs is 5. The zero-order chi connectivity index (χ0) is 35.1. The first-order chi connectivity index (χ1) is 21.7. The van der Waals surface area contributed by atoms with Gasteiger partial charge in [0.25, 0.3) is 0 Å². The fourth-order valence-corrected chi connectivity index (χ4v) is 12.1. The summed E-state index contributed by atoms with van der Waals surface area (Å²) in [5.41, 5.74) is -2.23. The van der Waals surface area contributed by atoms with Crippen molar-refractivity contribution >= 4 is 0 Å². The Morgan fingerprint density at radius 2 is 1.64 bits per heavy atom. The summed E-state index contributed by atoms with van der Waals surface area (Å²) in [6.07, 6.45) is -4.75. The van der Waals surface area contributed by atoms with Crippen molar-refractivity contribution in [2.45, 2.75) is 161 Å². The summed E-state index contributed by atoms with van der Waals surface area (Å²) >= 11 is 0. The maximum absolute atomic E-state index is 12.1. The lowest BCUT2D eigenvalue weighted by Gasteiger charge is -2.72. The molecule has 0 aromatic heterocycles. The topological polar surface area (TPSA) is 190 Å².